The minimum atomic E-state index is 0.00806. The molecule has 3 saturated carbocycles. The average molecular weight is 709 g/mol. The molecule has 0 amide bonds. The number of carbonyl (C=O) groups excluding carboxylic acids is 1. The lowest BCUT2D eigenvalue weighted by molar-refractivity contribution is -0.152. The van der Waals surface area contributed by atoms with Gasteiger partial charge in [0.2, 0.25) is 0 Å². The number of hydrogen-bond acceptors (Lipinski definition) is 6. The summed E-state index contributed by atoms with van der Waals surface area (Å²) in [4.78, 5) is 21.3. The van der Waals surface area contributed by atoms with Crippen molar-refractivity contribution < 1.29 is 9.53 Å². The lowest BCUT2D eigenvalue weighted by Gasteiger charge is -2.58. The molecule has 2 heterocycles. The summed E-state index contributed by atoms with van der Waals surface area (Å²) >= 11 is 0. The van der Waals surface area contributed by atoms with Crippen molar-refractivity contribution >= 4 is 5.97 Å². The highest BCUT2D eigenvalue weighted by Gasteiger charge is 2.59. The van der Waals surface area contributed by atoms with Crippen molar-refractivity contribution in [2.75, 3.05) is 52.4 Å². The molecule has 0 bridgehead atoms. The largest absolute Gasteiger partial charge is 0.462 e. The zero-order chi connectivity index (χ0) is 36.0. The number of carbonyl (C=O) groups is 1. The topological polar surface area (TPSA) is 62.0 Å². The predicted molar refractivity (Wildman–Crippen MR) is 212 cm³/mol. The Morgan fingerprint density at radius 1 is 0.902 bits per heavy atom. The Labute approximate surface area is 314 Å². The summed E-state index contributed by atoms with van der Waals surface area (Å²) in [7, 11) is 0. The third kappa shape index (κ3) is 9.30. The molecule has 5 fully saturated rings. The number of nitrogens with two attached hydrogens (primary N) is 1. The van der Waals surface area contributed by atoms with Gasteiger partial charge in [-0.25, -0.2) is 0 Å². The fourth-order valence-corrected chi connectivity index (χ4v) is 13.1. The zero-order valence-corrected chi connectivity index (χ0v) is 34.0. The maximum Gasteiger partial charge on any atom is 0.307 e. The average Bonchev–Trinajstić information content (AvgIpc) is 3.28. The lowest BCUT2D eigenvalue weighted by Crippen LogP contribution is -2.53. The van der Waals surface area contributed by atoms with E-state index in [1.807, 2.05) is 0 Å². The van der Waals surface area contributed by atoms with Gasteiger partial charge in [0.1, 0.15) is 6.10 Å². The van der Waals surface area contributed by atoms with Crippen LogP contribution >= 0.6 is 0 Å². The van der Waals surface area contributed by atoms with E-state index in [4.69, 9.17) is 10.5 Å². The summed E-state index contributed by atoms with van der Waals surface area (Å²) < 4.78 is 6.27. The van der Waals surface area contributed by atoms with Gasteiger partial charge in [0, 0.05) is 32.6 Å². The van der Waals surface area contributed by atoms with Crippen molar-refractivity contribution in [2.24, 2.45) is 52.1 Å². The normalized spacial score (nSPS) is 36.5. The highest BCUT2D eigenvalue weighted by molar-refractivity contribution is 5.69. The van der Waals surface area contributed by atoms with Crippen LogP contribution in [-0.2, 0) is 9.53 Å². The van der Waals surface area contributed by atoms with E-state index in [0.29, 0.717) is 30.0 Å². The molecule has 51 heavy (non-hydrogen) atoms. The molecule has 6 heteroatoms. The number of fused-ring (bicyclic) bond motifs is 6. The number of ether oxygens (including phenoxy) is 1. The van der Waals surface area contributed by atoms with E-state index in [9.17, 15) is 4.79 Å². The minimum Gasteiger partial charge on any atom is -0.462 e. The smallest absolute Gasteiger partial charge is 0.307 e. The molecule has 9 atom stereocenters. The first kappa shape index (κ1) is 39.7. The monoisotopic (exact) mass is 709 g/mol. The van der Waals surface area contributed by atoms with Gasteiger partial charge in [0.15, 0.2) is 0 Å². The van der Waals surface area contributed by atoms with Crippen LogP contribution in [0.15, 0.2) is 11.6 Å². The summed E-state index contributed by atoms with van der Waals surface area (Å²) in [6, 6.07) is 0. The van der Waals surface area contributed by atoms with Gasteiger partial charge in [-0.05, 0) is 150 Å². The van der Waals surface area contributed by atoms with Crippen LogP contribution in [0.5, 0.6) is 0 Å². The van der Waals surface area contributed by atoms with Crippen LogP contribution in [0.2, 0.25) is 0 Å². The first-order chi connectivity index (χ1) is 24.6. The molecule has 0 aromatic rings. The van der Waals surface area contributed by atoms with E-state index in [0.717, 1.165) is 74.4 Å². The second kappa shape index (κ2) is 18.1. The summed E-state index contributed by atoms with van der Waals surface area (Å²) in [6.45, 7) is 21.2. The van der Waals surface area contributed by atoms with Crippen LogP contribution in [0.4, 0.5) is 0 Å². The van der Waals surface area contributed by atoms with Crippen LogP contribution in [0.25, 0.3) is 0 Å². The van der Waals surface area contributed by atoms with Crippen LogP contribution in [-0.4, -0.2) is 85.3 Å². The Hall–Kier alpha value is -0.950. The SMILES string of the molecule is CC(C)CCC[C@@H](C)[C@H]1CC[C@H]2[C@@H]3CC=C4C[C@@H](OC(=O)CCN(CCCN)CCCN5CCCN6CCCCCC65)CC[C@]4(C)[C@H]3CC[C@]12C. The molecule has 0 aromatic carbocycles. The summed E-state index contributed by atoms with van der Waals surface area (Å²) in [5, 5.41) is 0. The van der Waals surface area contributed by atoms with Gasteiger partial charge in [-0.3, -0.25) is 14.6 Å². The Morgan fingerprint density at radius 3 is 2.55 bits per heavy atom. The third-order valence-electron chi connectivity index (χ3n) is 15.9. The zero-order valence-electron chi connectivity index (χ0n) is 34.0. The van der Waals surface area contributed by atoms with Gasteiger partial charge in [-0.1, -0.05) is 78.4 Å². The summed E-state index contributed by atoms with van der Waals surface area (Å²) in [5.74, 6) is 5.18. The fourth-order valence-electron chi connectivity index (χ4n) is 13.1. The first-order valence-corrected chi connectivity index (χ1v) is 22.4. The van der Waals surface area contributed by atoms with Gasteiger partial charge >= 0.3 is 5.97 Å². The molecule has 6 nitrogen and oxygen atoms in total. The molecule has 0 aromatic heterocycles. The summed E-state index contributed by atoms with van der Waals surface area (Å²) in [6.07, 6.45) is 27.2. The van der Waals surface area contributed by atoms with Gasteiger partial charge in [0.05, 0.1) is 12.6 Å². The Balaban J connectivity index is 0.969. The van der Waals surface area contributed by atoms with E-state index in [1.54, 1.807) is 5.57 Å². The molecule has 6 aliphatic rings. The molecule has 2 saturated heterocycles. The Kier molecular flexibility index (Phi) is 14.1. The number of rotatable bonds is 16. The Morgan fingerprint density at radius 2 is 1.73 bits per heavy atom. The molecule has 1 unspecified atom stereocenters. The number of esters is 1. The fraction of sp³-hybridized carbons (Fsp3) is 0.933. The lowest BCUT2D eigenvalue weighted by atomic mass is 9.47. The van der Waals surface area contributed by atoms with Crippen LogP contribution in [0.3, 0.4) is 0 Å². The van der Waals surface area contributed by atoms with Crippen molar-refractivity contribution in [3.8, 4) is 0 Å². The van der Waals surface area contributed by atoms with E-state index in [-0.39, 0.29) is 12.1 Å². The maximum atomic E-state index is 13.3. The van der Waals surface area contributed by atoms with Crippen molar-refractivity contribution in [2.45, 2.75) is 169 Å². The van der Waals surface area contributed by atoms with Crippen molar-refractivity contribution in [3.05, 3.63) is 11.6 Å². The standard InChI is InChI=1S/C45H80N4O2/c1-34(2)13-9-14-35(3)39-18-19-40-38-17-16-36-33-37(20-23-44(36,4)41(38)21-24-45(39,40)5)51-43(50)22-32-47(26-10-25-46)27-11-29-49-31-12-30-48-28-8-6-7-15-42(48)49/h16,34-35,37-42H,6-15,17-33,46H2,1-5H3/t35-,37+,38+,39-,40+,41+,42?,44+,45-/m1/s1. The molecule has 2 N–H and O–H groups in total. The van der Waals surface area contributed by atoms with Crippen molar-refractivity contribution in [3.63, 3.8) is 0 Å². The maximum absolute atomic E-state index is 13.3. The molecule has 0 radical (unpaired) electrons. The minimum absolute atomic E-state index is 0.00806. The highest BCUT2D eigenvalue weighted by Crippen LogP contribution is 2.67. The van der Waals surface area contributed by atoms with Crippen LogP contribution < -0.4 is 5.73 Å². The molecule has 6 rings (SSSR count). The number of nitrogens with zero attached hydrogens (tertiary/aromatic N) is 3. The molecule has 4 aliphatic carbocycles. The predicted octanol–water partition coefficient (Wildman–Crippen LogP) is 9.28. The molecular weight excluding hydrogens is 629 g/mol. The van der Waals surface area contributed by atoms with E-state index in [2.05, 4.69) is 55.4 Å². The van der Waals surface area contributed by atoms with Gasteiger partial charge < -0.3 is 15.4 Å². The molecule has 0 spiro atoms. The number of hydrogen-bond donors (Lipinski definition) is 1. The number of allylic oxidation sites excluding steroid dienone is 1. The van der Waals surface area contributed by atoms with E-state index >= 15 is 0 Å². The van der Waals surface area contributed by atoms with Gasteiger partial charge in [0.25, 0.3) is 0 Å². The second-order valence-corrected chi connectivity index (χ2v) is 19.5. The molecule has 2 aliphatic heterocycles. The quantitative estimate of drug-likeness (QED) is 0.127. The van der Waals surface area contributed by atoms with E-state index in [1.165, 1.54) is 122 Å². The van der Waals surface area contributed by atoms with E-state index < -0.39 is 0 Å². The molecular formula is C45H80N4O2. The second-order valence-electron chi connectivity index (χ2n) is 19.5. The van der Waals surface area contributed by atoms with Crippen molar-refractivity contribution in [1.29, 1.82) is 0 Å². The van der Waals surface area contributed by atoms with Crippen LogP contribution in [0.1, 0.15) is 157 Å². The Bertz CT molecular complexity index is 1140. The third-order valence-corrected chi connectivity index (χ3v) is 15.9. The van der Waals surface area contributed by atoms with Crippen molar-refractivity contribution in [1.82, 2.24) is 14.7 Å². The molecule has 292 valence electrons. The highest BCUT2D eigenvalue weighted by atomic mass is 16.5. The van der Waals surface area contributed by atoms with Gasteiger partial charge in [-0.15, -0.1) is 0 Å². The first-order valence-electron chi connectivity index (χ1n) is 22.4. The summed E-state index contributed by atoms with van der Waals surface area (Å²) in [5.41, 5.74) is 8.40. The van der Waals surface area contributed by atoms with Gasteiger partial charge in [-0.2, -0.15) is 0 Å². The van der Waals surface area contributed by atoms with Crippen LogP contribution in [0, 0.1) is 46.3 Å².